The van der Waals surface area contributed by atoms with Crippen LogP contribution in [0.4, 0.5) is 4.39 Å². The Kier molecular flexibility index (Phi) is 3.18. The molecule has 0 fully saturated rings. The molecule has 18 heavy (non-hydrogen) atoms. The summed E-state index contributed by atoms with van der Waals surface area (Å²) in [5.74, 6) is 1.38. The summed E-state index contributed by atoms with van der Waals surface area (Å²) in [6.07, 6.45) is 0. The molecule has 0 radical (unpaired) electrons. The highest BCUT2D eigenvalue weighted by atomic mass is 35.5. The number of thioether (sulfide) groups is 1. The third kappa shape index (κ3) is 1.98. The molecule has 6 heteroatoms. The first kappa shape index (κ1) is 12.2. The molecule has 0 spiro atoms. The van der Waals surface area contributed by atoms with Crippen LogP contribution in [0.1, 0.15) is 11.3 Å². The second-order valence-corrected chi connectivity index (χ2v) is 5.61. The number of fused-ring (bicyclic) bond motifs is 1. The van der Waals surface area contributed by atoms with Gasteiger partial charge in [0.05, 0.1) is 16.3 Å². The van der Waals surface area contributed by atoms with Crippen molar-refractivity contribution in [3.63, 3.8) is 0 Å². The van der Waals surface area contributed by atoms with Crippen molar-refractivity contribution in [2.45, 2.75) is 11.5 Å². The van der Waals surface area contributed by atoms with Crippen LogP contribution in [0.15, 0.2) is 18.2 Å². The van der Waals surface area contributed by atoms with Gasteiger partial charge >= 0.3 is 0 Å². The molecule has 0 saturated carbocycles. The van der Waals surface area contributed by atoms with Crippen molar-refractivity contribution in [3.05, 3.63) is 45.4 Å². The number of benzene rings is 1. The number of hydrogen-bond acceptors (Lipinski definition) is 3. The predicted molar refractivity (Wildman–Crippen MR) is 72.4 cm³/mol. The highest BCUT2D eigenvalue weighted by Crippen LogP contribution is 2.35. The number of hydrogen-bond donors (Lipinski definition) is 0. The number of aromatic nitrogens is 2. The molecule has 0 unspecified atom stereocenters. The summed E-state index contributed by atoms with van der Waals surface area (Å²) in [5.41, 5.74) is 2.12. The van der Waals surface area contributed by atoms with Crippen molar-refractivity contribution in [2.75, 3.05) is 0 Å². The smallest absolute Gasteiger partial charge is 0.164 e. The van der Waals surface area contributed by atoms with Crippen molar-refractivity contribution in [2.24, 2.45) is 0 Å². The Balaban J connectivity index is 2.18. The van der Waals surface area contributed by atoms with Gasteiger partial charge in [-0.2, -0.15) is 11.8 Å². The quantitative estimate of drug-likeness (QED) is 0.733. The maximum Gasteiger partial charge on any atom is 0.164 e. The van der Waals surface area contributed by atoms with Gasteiger partial charge in [-0.25, -0.2) is 14.4 Å². The van der Waals surface area contributed by atoms with E-state index < -0.39 is 5.82 Å². The largest absolute Gasteiger partial charge is 0.232 e. The molecule has 0 N–H and O–H groups in total. The van der Waals surface area contributed by atoms with Crippen LogP contribution in [-0.4, -0.2) is 9.97 Å². The standard InChI is InChI=1S/C12H7Cl2FN2S/c13-8-3-1-2-6(10(8)15)12-16-9-5-18-4-7(9)11(14)17-12/h1-3H,4-5H2. The second-order valence-electron chi connectivity index (χ2n) is 3.86. The van der Waals surface area contributed by atoms with Crippen LogP contribution >= 0.6 is 35.0 Å². The van der Waals surface area contributed by atoms with Crippen LogP contribution in [0.5, 0.6) is 0 Å². The van der Waals surface area contributed by atoms with Crippen LogP contribution in [0.2, 0.25) is 10.2 Å². The molecule has 92 valence electrons. The summed E-state index contributed by atoms with van der Waals surface area (Å²) in [7, 11) is 0. The average Bonchev–Trinajstić information content (AvgIpc) is 2.81. The van der Waals surface area contributed by atoms with E-state index in [1.54, 1.807) is 23.9 Å². The maximum atomic E-state index is 13.9. The number of rotatable bonds is 1. The van der Waals surface area contributed by atoms with Gasteiger partial charge in [-0.1, -0.05) is 29.3 Å². The lowest BCUT2D eigenvalue weighted by atomic mass is 10.2. The monoisotopic (exact) mass is 300 g/mol. The van der Waals surface area contributed by atoms with Gasteiger partial charge in [0.15, 0.2) is 11.6 Å². The lowest BCUT2D eigenvalue weighted by molar-refractivity contribution is 0.630. The third-order valence-corrected chi connectivity index (χ3v) is 4.29. The van der Waals surface area contributed by atoms with E-state index in [-0.39, 0.29) is 10.6 Å². The van der Waals surface area contributed by atoms with Crippen molar-refractivity contribution in [3.8, 4) is 11.4 Å². The van der Waals surface area contributed by atoms with E-state index in [9.17, 15) is 4.39 Å². The van der Waals surface area contributed by atoms with Gasteiger partial charge in [0.25, 0.3) is 0 Å². The molecule has 3 rings (SSSR count). The lowest BCUT2D eigenvalue weighted by Crippen LogP contribution is -1.99. The zero-order valence-corrected chi connectivity index (χ0v) is 11.4. The van der Waals surface area contributed by atoms with Gasteiger partial charge in [0, 0.05) is 17.1 Å². The lowest BCUT2D eigenvalue weighted by Gasteiger charge is -2.06. The Bertz CT molecular complexity index is 634. The highest BCUT2D eigenvalue weighted by Gasteiger charge is 2.20. The molecule has 1 aromatic carbocycles. The fourth-order valence-corrected chi connectivity index (χ4v) is 3.36. The topological polar surface area (TPSA) is 25.8 Å². The molecular weight excluding hydrogens is 294 g/mol. The zero-order valence-electron chi connectivity index (χ0n) is 9.08. The molecule has 2 heterocycles. The molecule has 0 amide bonds. The molecule has 2 aromatic rings. The Morgan fingerprint density at radius 1 is 1.17 bits per heavy atom. The molecule has 1 aliphatic heterocycles. The Labute approximate surface area is 118 Å². The van der Waals surface area contributed by atoms with Crippen LogP contribution in [0, 0.1) is 5.82 Å². The van der Waals surface area contributed by atoms with Crippen LogP contribution < -0.4 is 0 Å². The highest BCUT2D eigenvalue weighted by molar-refractivity contribution is 7.98. The van der Waals surface area contributed by atoms with Crippen LogP contribution in [0.3, 0.4) is 0 Å². The van der Waals surface area contributed by atoms with Crippen molar-refractivity contribution < 1.29 is 4.39 Å². The molecule has 1 aliphatic rings. The van der Waals surface area contributed by atoms with Crippen molar-refractivity contribution >= 4 is 35.0 Å². The molecular formula is C12H7Cl2FN2S. The normalized spacial score (nSPS) is 13.7. The van der Waals surface area contributed by atoms with Gasteiger partial charge in [-0.15, -0.1) is 0 Å². The summed E-state index contributed by atoms with van der Waals surface area (Å²) < 4.78 is 13.9. The van der Waals surface area contributed by atoms with E-state index in [1.165, 1.54) is 6.07 Å². The summed E-state index contributed by atoms with van der Waals surface area (Å²) >= 11 is 13.6. The minimum Gasteiger partial charge on any atom is -0.232 e. The van der Waals surface area contributed by atoms with E-state index in [0.29, 0.717) is 11.0 Å². The summed E-state index contributed by atoms with van der Waals surface area (Å²) in [4.78, 5) is 8.53. The van der Waals surface area contributed by atoms with E-state index in [2.05, 4.69) is 9.97 Å². The van der Waals surface area contributed by atoms with Gasteiger partial charge in [-0.3, -0.25) is 0 Å². The predicted octanol–water partition coefficient (Wildman–Crippen LogP) is 4.34. The van der Waals surface area contributed by atoms with E-state index in [1.807, 2.05) is 0 Å². The van der Waals surface area contributed by atoms with Crippen molar-refractivity contribution in [1.29, 1.82) is 0 Å². The third-order valence-electron chi connectivity index (χ3n) is 2.72. The number of nitrogens with zero attached hydrogens (tertiary/aromatic N) is 2. The fraction of sp³-hybridized carbons (Fsp3) is 0.167. The van der Waals surface area contributed by atoms with Gasteiger partial charge in [-0.05, 0) is 12.1 Å². The van der Waals surface area contributed by atoms with Gasteiger partial charge < -0.3 is 0 Å². The SMILES string of the molecule is Fc1c(Cl)cccc1-c1nc(Cl)c2c(n1)CSC2. The average molecular weight is 301 g/mol. The van der Waals surface area contributed by atoms with Crippen LogP contribution in [0.25, 0.3) is 11.4 Å². The first-order valence-electron chi connectivity index (χ1n) is 5.24. The molecule has 0 atom stereocenters. The first-order valence-corrected chi connectivity index (χ1v) is 7.15. The molecule has 0 bridgehead atoms. The summed E-state index contributed by atoms with van der Waals surface area (Å²) in [5, 5.41) is 0.460. The molecule has 1 aromatic heterocycles. The molecule has 0 aliphatic carbocycles. The van der Waals surface area contributed by atoms with Gasteiger partial charge in [0.2, 0.25) is 0 Å². The van der Waals surface area contributed by atoms with Crippen molar-refractivity contribution in [1.82, 2.24) is 9.97 Å². The van der Waals surface area contributed by atoms with E-state index >= 15 is 0 Å². The zero-order chi connectivity index (χ0) is 12.7. The summed E-state index contributed by atoms with van der Waals surface area (Å²) in [6.45, 7) is 0. The minimum atomic E-state index is -0.513. The second kappa shape index (κ2) is 4.68. The van der Waals surface area contributed by atoms with E-state index in [4.69, 9.17) is 23.2 Å². The van der Waals surface area contributed by atoms with Crippen LogP contribution in [-0.2, 0) is 11.5 Å². The maximum absolute atomic E-state index is 13.9. The molecule has 0 saturated heterocycles. The number of halogens is 3. The fourth-order valence-electron chi connectivity index (χ4n) is 1.81. The Morgan fingerprint density at radius 3 is 2.83 bits per heavy atom. The Morgan fingerprint density at radius 2 is 2.00 bits per heavy atom. The molecule has 2 nitrogen and oxygen atoms in total. The van der Waals surface area contributed by atoms with Gasteiger partial charge in [0.1, 0.15) is 5.15 Å². The first-order chi connectivity index (χ1) is 8.66. The minimum absolute atomic E-state index is 0.0575. The van der Waals surface area contributed by atoms with E-state index in [0.717, 1.165) is 22.8 Å². The summed E-state index contributed by atoms with van der Waals surface area (Å²) in [6, 6.07) is 4.76. The Hall–Kier alpha value is -0.840.